The van der Waals surface area contributed by atoms with Gasteiger partial charge in [0.2, 0.25) is 0 Å². The van der Waals surface area contributed by atoms with Crippen molar-refractivity contribution in [3.63, 3.8) is 0 Å². The van der Waals surface area contributed by atoms with E-state index in [0.717, 1.165) is 51.2 Å². The van der Waals surface area contributed by atoms with Crippen LogP contribution in [0.15, 0.2) is 400 Å². The Labute approximate surface area is 563 Å². The summed E-state index contributed by atoms with van der Waals surface area (Å²) in [6.07, 6.45) is 0. The SMILES string of the molecule is c1ccc(-c2ccc3c(c2)B2c4cc(-c5ccccc5)ccc4N(c4ccc(C(c5ccccc5)(c5ccccc5)c5ccccc5)cc4)c4cc(N(c5ccccc5)c5ccccc5)cc(c42)N3c2ccc(C(c3ccccc3)(c3ccccc3)c3ccccc3)cc2)cc1. The molecule has 4 heteroatoms. The molecule has 0 spiro atoms. The lowest BCUT2D eigenvalue weighted by Crippen LogP contribution is -2.61. The predicted octanol–water partition coefficient (Wildman–Crippen LogP) is 21.3. The van der Waals surface area contributed by atoms with Gasteiger partial charge in [0.05, 0.1) is 16.5 Å². The van der Waals surface area contributed by atoms with Crippen LogP contribution < -0.4 is 31.1 Å². The molecular formula is C92H66BN3. The van der Waals surface area contributed by atoms with Crippen LogP contribution in [-0.4, -0.2) is 6.71 Å². The van der Waals surface area contributed by atoms with Crippen molar-refractivity contribution in [2.45, 2.75) is 10.8 Å². The normalized spacial score (nSPS) is 12.3. The lowest BCUT2D eigenvalue weighted by atomic mass is 9.33. The molecule has 0 saturated heterocycles. The molecule has 0 aliphatic carbocycles. The Kier molecular flexibility index (Phi) is 14.8. The summed E-state index contributed by atoms with van der Waals surface area (Å²) in [5.74, 6) is 0. The highest BCUT2D eigenvalue weighted by Crippen LogP contribution is 2.52. The molecule has 0 bridgehead atoms. The molecule has 17 rings (SSSR count). The molecule has 0 aromatic heterocycles. The van der Waals surface area contributed by atoms with Gasteiger partial charge in [-0.1, -0.05) is 328 Å². The molecule has 0 N–H and O–H groups in total. The summed E-state index contributed by atoms with van der Waals surface area (Å²) in [6, 6.07) is 148. The molecule has 96 heavy (non-hydrogen) atoms. The second kappa shape index (κ2) is 24.7. The second-order valence-corrected chi connectivity index (χ2v) is 25.1. The van der Waals surface area contributed by atoms with Crippen LogP contribution >= 0.6 is 0 Å². The van der Waals surface area contributed by atoms with Crippen LogP contribution in [0.1, 0.15) is 44.5 Å². The molecular weight excluding hydrogens is 1160 g/mol. The fourth-order valence-electron chi connectivity index (χ4n) is 15.7. The molecule has 2 heterocycles. The van der Waals surface area contributed by atoms with E-state index in [4.69, 9.17) is 0 Å². The van der Waals surface area contributed by atoms with Crippen molar-refractivity contribution in [3.05, 3.63) is 445 Å². The Bertz CT molecular complexity index is 4660. The first-order chi connectivity index (χ1) is 47.6. The van der Waals surface area contributed by atoms with Crippen LogP contribution in [0.25, 0.3) is 22.3 Å². The Hall–Kier alpha value is -12.2. The van der Waals surface area contributed by atoms with Gasteiger partial charge in [0.25, 0.3) is 6.71 Å². The van der Waals surface area contributed by atoms with Crippen molar-refractivity contribution in [2.24, 2.45) is 0 Å². The van der Waals surface area contributed by atoms with Crippen molar-refractivity contribution in [1.82, 2.24) is 0 Å². The summed E-state index contributed by atoms with van der Waals surface area (Å²) in [4.78, 5) is 7.56. The van der Waals surface area contributed by atoms with E-state index in [1.165, 1.54) is 83.1 Å². The minimum absolute atomic E-state index is 0.196. The number of anilines is 9. The van der Waals surface area contributed by atoms with Gasteiger partial charge in [-0.3, -0.25) is 0 Å². The third-order valence-electron chi connectivity index (χ3n) is 19.9. The van der Waals surface area contributed by atoms with Crippen molar-refractivity contribution < 1.29 is 0 Å². The topological polar surface area (TPSA) is 9.72 Å². The Morgan fingerprint density at radius 2 is 0.469 bits per heavy atom. The molecule has 0 unspecified atom stereocenters. The van der Waals surface area contributed by atoms with Crippen LogP contribution in [0.5, 0.6) is 0 Å². The first-order valence-corrected chi connectivity index (χ1v) is 33.3. The van der Waals surface area contributed by atoms with Crippen LogP contribution in [-0.2, 0) is 10.8 Å². The van der Waals surface area contributed by atoms with Crippen molar-refractivity contribution in [1.29, 1.82) is 0 Å². The van der Waals surface area contributed by atoms with Crippen LogP contribution in [0, 0.1) is 0 Å². The predicted molar refractivity (Wildman–Crippen MR) is 403 cm³/mol. The van der Waals surface area contributed by atoms with E-state index < -0.39 is 10.8 Å². The highest BCUT2D eigenvalue weighted by atomic mass is 15.2. The van der Waals surface area contributed by atoms with E-state index >= 15 is 0 Å². The maximum Gasteiger partial charge on any atom is 0.252 e. The van der Waals surface area contributed by atoms with Gasteiger partial charge in [-0.15, -0.1) is 0 Å². The van der Waals surface area contributed by atoms with Gasteiger partial charge in [0.1, 0.15) is 0 Å². The summed E-state index contributed by atoms with van der Waals surface area (Å²) in [5.41, 5.74) is 26.4. The minimum atomic E-state index is -0.637. The Morgan fingerprint density at radius 3 is 0.760 bits per heavy atom. The van der Waals surface area contributed by atoms with E-state index in [-0.39, 0.29) is 6.71 Å². The largest absolute Gasteiger partial charge is 0.311 e. The molecule has 0 fully saturated rings. The van der Waals surface area contributed by atoms with Gasteiger partial charge in [-0.2, -0.15) is 0 Å². The summed E-state index contributed by atoms with van der Waals surface area (Å²) < 4.78 is 0. The number of para-hydroxylation sites is 2. The number of benzene rings is 15. The van der Waals surface area contributed by atoms with Crippen LogP contribution in [0.4, 0.5) is 51.2 Å². The van der Waals surface area contributed by atoms with Gasteiger partial charge >= 0.3 is 0 Å². The fourth-order valence-corrected chi connectivity index (χ4v) is 15.7. The standard InChI is InChI=1S/C92H66BN3/c1-11-31-67(32-12-1)69-51-61-86-84(63-69)93-85-64-70(68-33-13-2-14-34-68)52-62-87(85)96(82-59-55-78(56-60-82)92(74-41-21-6-22-42-74,75-43-23-7-24-44-75)76-45-25-8-26-46-76)89-66-83(94(79-47-27-9-28-48-79)80-49-29-10-30-50-80)65-88(90(89)93)95(86)81-57-53-77(54-58-81)91(71-35-15-3-16-36-71,72-37-17-4-18-38-72)73-39-19-5-20-40-73/h1-66H. The molecule has 3 nitrogen and oxygen atoms in total. The van der Waals surface area contributed by atoms with Crippen LogP contribution in [0.3, 0.4) is 0 Å². The zero-order chi connectivity index (χ0) is 63.8. The molecule has 0 saturated carbocycles. The fraction of sp³-hybridized carbons (Fsp3) is 0.0217. The molecule has 15 aromatic rings. The van der Waals surface area contributed by atoms with Crippen molar-refractivity contribution in [2.75, 3.05) is 14.7 Å². The van der Waals surface area contributed by atoms with E-state index in [9.17, 15) is 0 Å². The number of hydrogen-bond acceptors (Lipinski definition) is 3. The van der Waals surface area contributed by atoms with Crippen LogP contribution in [0.2, 0.25) is 0 Å². The summed E-state index contributed by atoms with van der Waals surface area (Å²) in [7, 11) is 0. The maximum absolute atomic E-state index is 2.57. The highest BCUT2D eigenvalue weighted by molar-refractivity contribution is 7.00. The number of rotatable bonds is 15. The van der Waals surface area contributed by atoms with Gasteiger partial charge in [-0.05, 0) is 156 Å². The van der Waals surface area contributed by atoms with Gasteiger partial charge in [-0.25, -0.2) is 0 Å². The third kappa shape index (κ3) is 9.76. The van der Waals surface area contributed by atoms with E-state index in [0.29, 0.717) is 0 Å². The third-order valence-corrected chi connectivity index (χ3v) is 19.9. The lowest BCUT2D eigenvalue weighted by molar-refractivity contribution is 0.745. The molecule has 0 amide bonds. The van der Waals surface area contributed by atoms with E-state index in [1.54, 1.807) is 0 Å². The summed E-state index contributed by atoms with van der Waals surface area (Å²) >= 11 is 0. The first kappa shape index (κ1) is 57.6. The number of hydrogen-bond donors (Lipinski definition) is 0. The van der Waals surface area contributed by atoms with Crippen molar-refractivity contribution >= 4 is 74.3 Å². The second-order valence-electron chi connectivity index (χ2n) is 25.1. The van der Waals surface area contributed by atoms with E-state index in [1.807, 2.05) is 0 Å². The highest BCUT2D eigenvalue weighted by Gasteiger charge is 2.46. The van der Waals surface area contributed by atoms with Gasteiger partial charge < -0.3 is 14.7 Å². The molecule has 2 aliphatic heterocycles. The maximum atomic E-state index is 2.57. The molecule has 0 radical (unpaired) electrons. The van der Waals surface area contributed by atoms with Gasteiger partial charge in [0.15, 0.2) is 0 Å². The minimum Gasteiger partial charge on any atom is -0.311 e. The number of nitrogens with zero attached hydrogens (tertiary/aromatic N) is 3. The molecule has 452 valence electrons. The first-order valence-electron chi connectivity index (χ1n) is 33.3. The Balaban J connectivity index is 0.954. The smallest absolute Gasteiger partial charge is 0.252 e. The summed E-state index contributed by atoms with van der Waals surface area (Å²) in [5, 5.41) is 0. The zero-order valence-electron chi connectivity index (χ0n) is 53.0. The lowest BCUT2D eigenvalue weighted by Gasteiger charge is -2.45. The molecule has 15 aromatic carbocycles. The molecule has 0 atom stereocenters. The zero-order valence-corrected chi connectivity index (χ0v) is 53.0. The quantitative estimate of drug-likeness (QED) is 0.0748. The van der Waals surface area contributed by atoms with Crippen molar-refractivity contribution in [3.8, 4) is 22.3 Å². The molecule has 2 aliphatic rings. The average molecular weight is 1220 g/mol. The average Bonchev–Trinajstić information content (AvgIpc) is 0.697. The van der Waals surface area contributed by atoms with Gasteiger partial charge in [0, 0.05) is 45.5 Å². The monoisotopic (exact) mass is 1220 g/mol. The summed E-state index contributed by atoms with van der Waals surface area (Å²) in [6.45, 7) is -0.196. The number of fused-ring (bicyclic) bond motifs is 4. The van der Waals surface area contributed by atoms with E-state index in [2.05, 4.69) is 415 Å². The Morgan fingerprint density at radius 1 is 0.208 bits per heavy atom.